The lowest BCUT2D eigenvalue weighted by atomic mass is 9.88. The summed E-state index contributed by atoms with van der Waals surface area (Å²) in [5, 5.41) is 15.5. The maximum Gasteiger partial charge on any atom is 0.387 e. The number of nitrogens with zero attached hydrogens (tertiary/aromatic N) is 5. The van der Waals surface area contributed by atoms with Gasteiger partial charge in [-0.2, -0.15) is 13.9 Å². The van der Waals surface area contributed by atoms with Crippen LogP contribution in [0.4, 0.5) is 8.78 Å². The van der Waals surface area contributed by atoms with Gasteiger partial charge in [0.2, 0.25) is 0 Å². The highest BCUT2D eigenvalue weighted by molar-refractivity contribution is 5.98. The molecule has 4 aromatic rings. The van der Waals surface area contributed by atoms with Crippen molar-refractivity contribution in [2.45, 2.75) is 37.0 Å². The van der Waals surface area contributed by atoms with Crippen LogP contribution in [0.3, 0.4) is 0 Å². The number of carbonyl (C=O) groups excluding carboxylic acids is 1. The quantitative estimate of drug-likeness (QED) is 0.439. The molecule has 2 aliphatic heterocycles. The third-order valence-electron chi connectivity index (χ3n) is 7.88. The van der Waals surface area contributed by atoms with E-state index < -0.39 is 12.2 Å². The van der Waals surface area contributed by atoms with Gasteiger partial charge in [-0.15, -0.1) is 0 Å². The van der Waals surface area contributed by atoms with Gasteiger partial charge in [-0.05, 0) is 36.2 Å². The van der Waals surface area contributed by atoms with Gasteiger partial charge in [-0.25, -0.2) is 14.5 Å². The van der Waals surface area contributed by atoms with Gasteiger partial charge in [0.25, 0.3) is 5.91 Å². The van der Waals surface area contributed by atoms with Crippen molar-refractivity contribution in [3.8, 4) is 16.9 Å². The van der Waals surface area contributed by atoms with Crippen molar-refractivity contribution in [3.05, 3.63) is 77.1 Å². The Morgan fingerprint density at radius 1 is 1.18 bits per heavy atom. The molecule has 194 valence electrons. The fraction of sp³-hybridized carbons (Fsp3) is 0.333. The first-order valence-electron chi connectivity index (χ1n) is 12.3. The van der Waals surface area contributed by atoms with Crippen LogP contribution in [0.2, 0.25) is 0 Å². The van der Waals surface area contributed by atoms with Crippen molar-refractivity contribution in [2.75, 3.05) is 20.3 Å². The molecule has 1 saturated heterocycles. The zero-order chi connectivity index (χ0) is 26.2. The minimum atomic E-state index is -3.01. The molecule has 3 atom stereocenters. The number of aromatic nitrogens is 4. The van der Waals surface area contributed by atoms with Gasteiger partial charge in [0.05, 0.1) is 30.5 Å². The highest BCUT2D eigenvalue weighted by Crippen LogP contribution is 2.53. The average molecular weight is 520 g/mol. The lowest BCUT2D eigenvalue weighted by Crippen LogP contribution is -2.30. The lowest BCUT2D eigenvalue weighted by molar-refractivity contribution is -0.0505. The summed E-state index contributed by atoms with van der Waals surface area (Å²) in [6.07, 6.45) is 6.13. The van der Waals surface area contributed by atoms with E-state index in [1.165, 1.54) is 6.07 Å². The van der Waals surface area contributed by atoms with Crippen molar-refractivity contribution in [3.63, 3.8) is 0 Å². The number of benzene rings is 1. The first kappa shape index (κ1) is 23.2. The Labute approximate surface area is 215 Å². The third-order valence-corrected chi connectivity index (χ3v) is 7.88. The van der Waals surface area contributed by atoms with Crippen LogP contribution < -0.4 is 4.74 Å². The van der Waals surface area contributed by atoms with Crippen LogP contribution in [-0.2, 0) is 10.3 Å². The van der Waals surface area contributed by atoms with E-state index in [1.54, 1.807) is 41.0 Å². The molecule has 38 heavy (non-hydrogen) atoms. The Morgan fingerprint density at radius 2 is 2.00 bits per heavy atom. The van der Waals surface area contributed by atoms with E-state index in [1.807, 2.05) is 18.3 Å². The number of hydrogen-bond acceptors (Lipinski definition) is 7. The standard InChI is InChI=1S/C27H23F2N5O4/c1-33-19-10-17(21-16(24(33)35)3-2-4-20(21)38-26(28)29)22-18-9-14(5-7-34(18)32-23(19)22)15-11-30-25(31-12-15)27(36)6-8-37-13-27/h2-5,7,9,11-12,17,19,26,36H,6,8,10,13H2,1H3. The number of ether oxygens (including phenoxy) is 2. The lowest BCUT2D eigenvalue weighted by Gasteiger charge is -2.23. The van der Waals surface area contributed by atoms with Crippen LogP contribution in [0.25, 0.3) is 16.6 Å². The minimum Gasteiger partial charge on any atom is -0.434 e. The molecule has 2 bridgehead atoms. The topological polar surface area (TPSA) is 102 Å². The number of carbonyl (C=O) groups is 1. The van der Waals surface area contributed by atoms with E-state index in [-0.39, 0.29) is 30.2 Å². The highest BCUT2D eigenvalue weighted by atomic mass is 19.3. The van der Waals surface area contributed by atoms with E-state index in [0.29, 0.717) is 36.4 Å². The molecule has 5 heterocycles. The maximum absolute atomic E-state index is 13.3. The summed E-state index contributed by atoms with van der Waals surface area (Å²) in [6.45, 7) is -2.39. The zero-order valence-corrected chi connectivity index (χ0v) is 20.3. The second-order valence-electron chi connectivity index (χ2n) is 9.99. The average Bonchev–Trinajstić information content (AvgIpc) is 3.60. The molecule has 1 fully saturated rings. The molecule has 1 amide bonds. The van der Waals surface area contributed by atoms with Crippen LogP contribution in [0.1, 0.15) is 57.8 Å². The summed E-state index contributed by atoms with van der Waals surface area (Å²) in [4.78, 5) is 23.7. The second kappa shape index (κ2) is 8.27. The molecular weight excluding hydrogens is 496 g/mol. The SMILES string of the molecule is CN1C(=O)c2cccc(OC(F)F)c2C2CC1c1nn3ccc(-c4cnc(C5(O)CCOC5)nc4)cc3c12. The van der Waals surface area contributed by atoms with Crippen LogP contribution in [0.5, 0.6) is 5.75 Å². The molecule has 9 nitrogen and oxygen atoms in total. The third kappa shape index (κ3) is 3.35. The predicted molar refractivity (Wildman–Crippen MR) is 130 cm³/mol. The van der Waals surface area contributed by atoms with Gasteiger partial charge >= 0.3 is 6.61 Å². The number of fused-ring (bicyclic) bond motifs is 9. The molecule has 1 aliphatic carbocycles. The van der Waals surface area contributed by atoms with Crippen molar-refractivity contribution >= 4 is 11.4 Å². The number of halogens is 2. The summed E-state index contributed by atoms with van der Waals surface area (Å²) in [5.41, 5.74) is 3.66. The summed E-state index contributed by atoms with van der Waals surface area (Å²) < 4.78 is 38.6. The molecule has 3 aromatic heterocycles. The minimum absolute atomic E-state index is 0.00562. The molecule has 1 aromatic carbocycles. The Bertz CT molecular complexity index is 1580. The largest absolute Gasteiger partial charge is 0.434 e. The maximum atomic E-state index is 13.3. The Kier molecular flexibility index (Phi) is 5.04. The van der Waals surface area contributed by atoms with Gasteiger partial charge in [-0.3, -0.25) is 4.79 Å². The van der Waals surface area contributed by atoms with Crippen LogP contribution >= 0.6 is 0 Å². The molecule has 11 heteroatoms. The van der Waals surface area contributed by atoms with E-state index in [9.17, 15) is 18.7 Å². The monoisotopic (exact) mass is 519 g/mol. The van der Waals surface area contributed by atoms with E-state index in [0.717, 1.165) is 27.9 Å². The van der Waals surface area contributed by atoms with Crippen molar-refractivity contribution in [1.29, 1.82) is 0 Å². The molecule has 0 radical (unpaired) electrons. The van der Waals surface area contributed by atoms with Crippen LogP contribution in [0, 0.1) is 0 Å². The fourth-order valence-electron chi connectivity index (χ4n) is 5.99. The normalized spacial score (nSPS) is 24.1. The van der Waals surface area contributed by atoms with Crippen molar-refractivity contribution < 1.29 is 28.2 Å². The number of aliphatic hydroxyl groups is 1. The summed E-state index contributed by atoms with van der Waals surface area (Å²) in [7, 11) is 1.71. The molecule has 0 saturated carbocycles. The molecule has 7 rings (SSSR count). The van der Waals surface area contributed by atoms with E-state index in [2.05, 4.69) is 9.97 Å². The van der Waals surface area contributed by atoms with Gasteiger partial charge in [0.1, 0.15) is 11.4 Å². The zero-order valence-electron chi connectivity index (χ0n) is 20.3. The fourth-order valence-corrected chi connectivity index (χ4v) is 5.99. The van der Waals surface area contributed by atoms with Gasteiger partial charge in [-0.1, -0.05) is 6.07 Å². The Morgan fingerprint density at radius 3 is 2.74 bits per heavy atom. The van der Waals surface area contributed by atoms with E-state index >= 15 is 0 Å². The second-order valence-corrected chi connectivity index (χ2v) is 9.99. The van der Waals surface area contributed by atoms with Gasteiger partial charge < -0.3 is 19.5 Å². The van der Waals surface area contributed by atoms with Crippen LogP contribution in [-0.4, -0.2) is 62.4 Å². The summed E-state index contributed by atoms with van der Waals surface area (Å²) in [6, 6.07) is 8.26. The molecule has 3 aliphatic rings. The Hall–Kier alpha value is -3.96. The smallest absolute Gasteiger partial charge is 0.387 e. The van der Waals surface area contributed by atoms with Crippen LogP contribution in [0.15, 0.2) is 48.9 Å². The number of amides is 1. The molecule has 3 unspecified atom stereocenters. The summed E-state index contributed by atoms with van der Waals surface area (Å²) in [5.74, 6) is -0.268. The Balaban J connectivity index is 1.35. The molecule has 0 spiro atoms. The van der Waals surface area contributed by atoms with Gasteiger partial charge in [0.15, 0.2) is 5.82 Å². The number of pyridine rings is 1. The first-order chi connectivity index (χ1) is 18.3. The van der Waals surface area contributed by atoms with E-state index in [4.69, 9.17) is 14.6 Å². The number of rotatable bonds is 4. The van der Waals surface area contributed by atoms with Crippen molar-refractivity contribution in [2.24, 2.45) is 0 Å². The van der Waals surface area contributed by atoms with Crippen molar-refractivity contribution in [1.82, 2.24) is 24.5 Å². The highest BCUT2D eigenvalue weighted by Gasteiger charge is 2.46. The summed E-state index contributed by atoms with van der Waals surface area (Å²) >= 11 is 0. The predicted octanol–water partition coefficient (Wildman–Crippen LogP) is 3.66. The number of hydrogen-bond donors (Lipinski definition) is 1. The first-order valence-corrected chi connectivity index (χ1v) is 12.3. The van der Waals surface area contributed by atoms with Gasteiger partial charge in [0, 0.05) is 60.2 Å². The molecule has 1 N–H and O–H groups in total. The number of alkyl halides is 2. The molecular formula is C27H23F2N5O4.